The Kier molecular flexibility index (Phi) is 5.47. The Morgan fingerprint density at radius 1 is 1.52 bits per heavy atom. The molecule has 0 unspecified atom stereocenters. The SMILES string of the molecule is C=CCN(CC(=O)OCC)Cc1cc(Cl)c2c(c1)OCO2. The Hall–Kier alpha value is -1.72. The molecule has 21 heavy (non-hydrogen) atoms. The van der Waals surface area contributed by atoms with E-state index in [1.54, 1.807) is 13.0 Å². The summed E-state index contributed by atoms with van der Waals surface area (Å²) in [6.07, 6.45) is 1.74. The quantitative estimate of drug-likeness (QED) is 0.572. The van der Waals surface area contributed by atoms with Crippen molar-refractivity contribution in [2.45, 2.75) is 13.5 Å². The third-order valence-electron chi connectivity index (χ3n) is 2.94. The van der Waals surface area contributed by atoms with E-state index in [0.717, 1.165) is 5.56 Å². The van der Waals surface area contributed by atoms with Crippen LogP contribution in [0.5, 0.6) is 11.5 Å². The van der Waals surface area contributed by atoms with Crippen LogP contribution < -0.4 is 9.47 Å². The topological polar surface area (TPSA) is 48.0 Å². The van der Waals surface area contributed by atoms with Gasteiger partial charge in [-0.15, -0.1) is 6.58 Å². The fourth-order valence-electron chi connectivity index (χ4n) is 2.13. The first-order chi connectivity index (χ1) is 10.1. The van der Waals surface area contributed by atoms with Gasteiger partial charge >= 0.3 is 5.97 Å². The van der Waals surface area contributed by atoms with Gasteiger partial charge in [0.1, 0.15) is 0 Å². The van der Waals surface area contributed by atoms with Gasteiger partial charge in [0, 0.05) is 13.1 Å². The average molecular weight is 312 g/mol. The minimum Gasteiger partial charge on any atom is -0.465 e. The molecule has 2 rings (SSSR count). The van der Waals surface area contributed by atoms with Crippen molar-refractivity contribution in [3.63, 3.8) is 0 Å². The molecule has 0 radical (unpaired) electrons. The molecular formula is C15H18ClNO4. The van der Waals surface area contributed by atoms with Crippen LogP contribution >= 0.6 is 11.6 Å². The molecule has 0 bridgehead atoms. The van der Waals surface area contributed by atoms with Crippen molar-refractivity contribution in [1.29, 1.82) is 0 Å². The summed E-state index contributed by atoms with van der Waals surface area (Å²) in [5, 5.41) is 0.509. The van der Waals surface area contributed by atoms with Crippen molar-refractivity contribution < 1.29 is 19.0 Å². The highest BCUT2D eigenvalue weighted by Crippen LogP contribution is 2.39. The second-order valence-electron chi connectivity index (χ2n) is 4.57. The van der Waals surface area contributed by atoms with E-state index < -0.39 is 0 Å². The number of benzene rings is 1. The average Bonchev–Trinajstić information content (AvgIpc) is 2.88. The minimum absolute atomic E-state index is 0.178. The zero-order chi connectivity index (χ0) is 15.2. The standard InChI is InChI=1S/C15H18ClNO4/c1-3-5-17(9-14(18)19-4-2)8-11-6-12(16)15-13(7-11)20-10-21-15/h3,6-7H,1,4-5,8-10H2,2H3. The largest absolute Gasteiger partial charge is 0.465 e. The first-order valence-electron chi connectivity index (χ1n) is 6.71. The maximum atomic E-state index is 11.6. The van der Waals surface area contributed by atoms with Gasteiger partial charge in [-0.25, -0.2) is 0 Å². The van der Waals surface area contributed by atoms with Crippen molar-refractivity contribution in [2.75, 3.05) is 26.5 Å². The molecule has 6 heteroatoms. The van der Waals surface area contributed by atoms with E-state index in [1.807, 2.05) is 17.0 Å². The lowest BCUT2D eigenvalue weighted by molar-refractivity contribution is -0.144. The van der Waals surface area contributed by atoms with E-state index in [0.29, 0.717) is 36.2 Å². The molecule has 1 aromatic rings. The molecule has 114 valence electrons. The van der Waals surface area contributed by atoms with Gasteiger partial charge in [-0.1, -0.05) is 17.7 Å². The molecule has 0 saturated heterocycles. The van der Waals surface area contributed by atoms with Gasteiger partial charge in [0.2, 0.25) is 6.79 Å². The lowest BCUT2D eigenvalue weighted by Gasteiger charge is -2.20. The predicted octanol–water partition coefficient (Wildman–Crippen LogP) is 2.62. The second kappa shape index (κ2) is 7.33. The van der Waals surface area contributed by atoms with Crippen LogP contribution in [-0.4, -0.2) is 37.4 Å². The third kappa shape index (κ3) is 4.12. The normalized spacial score (nSPS) is 12.5. The number of carbonyl (C=O) groups excluding carboxylic acids is 1. The number of nitrogens with zero attached hydrogens (tertiary/aromatic N) is 1. The van der Waals surface area contributed by atoms with E-state index in [9.17, 15) is 4.79 Å². The van der Waals surface area contributed by atoms with Gasteiger partial charge in [0.25, 0.3) is 0 Å². The fraction of sp³-hybridized carbons (Fsp3) is 0.400. The van der Waals surface area contributed by atoms with Crippen LogP contribution in [0.3, 0.4) is 0 Å². The lowest BCUT2D eigenvalue weighted by atomic mass is 10.2. The van der Waals surface area contributed by atoms with Crippen molar-refractivity contribution in [1.82, 2.24) is 4.90 Å². The minimum atomic E-state index is -0.258. The van der Waals surface area contributed by atoms with Gasteiger partial charge in [0.15, 0.2) is 11.5 Å². The van der Waals surface area contributed by atoms with Gasteiger partial charge in [0.05, 0.1) is 18.2 Å². The van der Waals surface area contributed by atoms with Crippen molar-refractivity contribution in [2.24, 2.45) is 0 Å². The smallest absolute Gasteiger partial charge is 0.320 e. The maximum absolute atomic E-state index is 11.6. The Morgan fingerprint density at radius 2 is 2.33 bits per heavy atom. The highest BCUT2D eigenvalue weighted by atomic mass is 35.5. The molecule has 0 aliphatic carbocycles. The molecule has 5 nitrogen and oxygen atoms in total. The van der Waals surface area contributed by atoms with Crippen LogP contribution in [-0.2, 0) is 16.1 Å². The Balaban J connectivity index is 2.08. The third-order valence-corrected chi connectivity index (χ3v) is 3.22. The molecule has 1 heterocycles. The van der Waals surface area contributed by atoms with Gasteiger partial charge in [-0.05, 0) is 24.6 Å². The van der Waals surface area contributed by atoms with Crippen LogP contribution in [0.15, 0.2) is 24.8 Å². The van der Waals surface area contributed by atoms with Gasteiger partial charge in [-0.2, -0.15) is 0 Å². The summed E-state index contributed by atoms with van der Waals surface area (Å²) >= 11 is 6.16. The highest BCUT2D eigenvalue weighted by molar-refractivity contribution is 6.32. The Labute approximate surface area is 129 Å². The lowest BCUT2D eigenvalue weighted by Crippen LogP contribution is -2.30. The number of halogens is 1. The zero-order valence-electron chi connectivity index (χ0n) is 11.9. The number of ether oxygens (including phenoxy) is 3. The number of hydrogen-bond acceptors (Lipinski definition) is 5. The van der Waals surface area contributed by atoms with E-state index in [-0.39, 0.29) is 19.3 Å². The monoisotopic (exact) mass is 311 g/mol. The number of carbonyl (C=O) groups is 1. The van der Waals surface area contributed by atoms with Crippen LogP contribution in [0.2, 0.25) is 5.02 Å². The summed E-state index contributed by atoms with van der Waals surface area (Å²) in [7, 11) is 0. The Bertz CT molecular complexity index is 533. The summed E-state index contributed by atoms with van der Waals surface area (Å²) in [5.74, 6) is 0.944. The molecule has 0 N–H and O–H groups in total. The molecule has 0 spiro atoms. The Morgan fingerprint density at radius 3 is 3.05 bits per heavy atom. The number of hydrogen-bond donors (Lipinski definition) is 0. The van der Waals surface area contributed by atoms with Gasteiger partial charge in [-0.3, -0.25) is 9.69 Å². The number of esters is 1. The summed E-state index contributed by atoms with van der Waals surface area (Å²) in [6.45, 7) is 7.36. The number of rotatable bonds is 7. The van der Waals surface area contributed by atoms with Crippen LogP contribution in [0.1, 0.15) is 12.5 Å². The highest BCUT2D eigenvalue weighted by Gasteiger charge is 2.19. The summed E-state index contributed by atoms with van der Waals surface area (Å²) in [5.41, 5.74) is 0.940. The first-order valence-corrected chi connectivity index (χ1v) is 7.08. The maximum Gasteiger partial charge on any atom is 0.320 e. The van der Waals surface area contributed by atoms with E-state index >= 15 is 0 Å². The van der Waals surface area contributed by atoms with E-state index in [2.05, 4.69) is 6.58 Å². The van der Waals surface area contributed by atoms with Gasteiger partial charge < -0.3 is 14.2 Å². The fourth-order valence-corrected chi connectivity index (χ4v) is 2.41. The molecule has 1 aromatic carbocycles. The first kappa shape index (κ1) is 15.7. The van der Waals surface area contributed by atoms with E-state index in [4.69, 9.17) is 25.8 Å². The predicted molar refractivity (Wildman–Crippen MR) is 79.7 cm³/mol. The van der Waals surface area contributed by atoms with Crippen molar-refractivity contribution >= 4 is 17.6 Å². The summed E-state index contributed by atoms with van der Waals surface area (Å²) in [4.78, 5) is 13.5. The van der Waals surface area contributed by atoms with Crippen molar-refractivity contribution in [3.05, 3.63) is 35.4 Å². The van der Waals surface area contributed by atoms with Crippen LogP contribution in [0.4, 0.5) is 0 Å². The molecule has 1 aliphatic rings. The zero-order valence-corrected chi connectivity index (χ0v) is 12.7. The number of fused-ring (bicyclic) bond motifs is 1. The van der Waals surface area contributed by atoms with E-state index in [1.165, 1.54) is 0 Å². The molecule has 0 saturated carbocycles. The van der Waals surface area contributed by atoms with Crippen LogP contribution in [0, 0.1) is 0 Å². The molecule has 0 atom stereocenters. The van der Waals surface area contributed by atoms with Crippen molar-refractivity contribution in [3.8, 4) is 11.5 Å². The molecule has 0 amide bonds. The summed E-state index contributed by atoms with van der Waals surface area (Å²) in [6, 6.07) is 3.69. The molecule has 1 aliphatic heterocycles. The molecule has 0 fully saturated rings. The molecule has 0 aromatic heterocycles. The summed E-state index contributed by atoms with van der Waals surface area (Å²) < 4.78 is 15.6. The molecular weight excluding hydrogens is 294 g/mol. The van der Waals surface area contributed by atoms with Crippen LogP contribution in [0.25, 0.3) is 0 Å². The second-order valence-corrected chi connectivity index (χ2v) is 4.98.